The average molecular weight is 345 g/mol. The zero-order valence-corrected chi connectivity index (χ0v) is 13.3. The second-order valence-electron chi connectivity index (χ2n) is 4.28. The summed E-state index contributed by atoms with van der Waals surface area (Å²) in [6.45, 7) is 3.94. The van der Waals surface area contributed by atoms with Gasteiger partial charge in [-0.25, -0.2) is 0 Å². The van der Waals surface area contributed by atoms with E-state index in [1.54, 1.807) is 13.2 Å². The Bertz CT molecular complexity index is 583. The number of halogens is 2. The molecule has 1 aromatic heterocycles. The lowest BCUT2D eigenvalue weighted by Crippen LogP contribution is -2.07. The molecule has 19 heavy (non-hydrogen) atoms. The van der Waals surface area contributed by atoms with E-state index in [1.807, 2.05) is 32.0 Å². The SMILES string of the molecule is COc1c(Br)cc(Cl)cc1NC(C)c1ccc(C)o1. The maximum atomic E-state index is 6.06. The summed E-state index contributed by atoms with van der Waals surface area (Å²) in [5.74, 6) is 2.48. The first-order chi connectivity index (χ1) is 9.01. The van der Waals surface area contributed by atoms with E-state index in [1.165, 1.54) is 0 Å². The van der Waals surface area contributed by atoms with Crippen LogP contribution in [0.4, 0.5) is 5.69 Å². The lowest BCUT2D eigenvalue weighted by molar-refractivity contribution is 0.412. The summed E-state index contributed by atoms with van der Waals surface area (Å²) in [4.78, 5) is 0. The van der Waals surface area contributed by atoms with Gasteiger partial charge in [-0.3, -0.25) is 0 Å². The molecule has 0 saturated carbocycles. The third-order valence-corrected chi connectivity index (χ3v) is 3.58. The number of rotatable bonds is 4. The number of anilines is 1. The Morgan fingerprint density at radius 1 is 1.37 bits per heavy atom. The number of furan rings is 1. The monoisotopic (exact) mass is 343 g/mol. The minimum atomic E-state index is 0.0213. The van der Waals surface area contributed by atoms with Gasteiger partial charge in [0.15, 0.2) is 5.75 Å². The summed E-state index contributed by atoms with van der Waals surface area (Å²) in [7, 11) is 1.63. The van der Waals surface area contributed by atoms with Crippen LogP contribution in [0.2, 0.25) is 5.02 Å². The van der Waals surface area contributed by atoms with Crippen molar-refractivity contribution in [2.75, 3.05) is 12.4 Å². The summed E-state index contributed by atoms with van der Waals surface area (Å²) in [5, 5.41) is 3.98. The molecule has 1 aromatic carbocycles. The quantitative estimate of drug-likeness (QED) is 0.829. The standard InChI is InChI=1S/C14H15BrClNO2/c1-8-4-5-13(19-8)9(2)17-12-7-10(16)6-11(15)14(12)18-3/h4-7,9,17H,1-3H3. The van der Waals surface area contributed by atoms with Crippen molar-refractivity contribution in [2.24, 2.45) is 0 Å². The molecule has 0 aliphatic rings. The Kier molecular flexibility index (Phi) is 4.42. The van der Waals surface area contributed by atoms with Gasteiger partial charge in [-0.1, -0.05) is 11.6 Å². The van der Waals surface area contributed by atoms with Crippen molar-refractivity contribution in [1.29, 1.82) is 0 Å². The van der Waals surface area contributed by atoms with Crippen molar-refractivity contribution in [2.45, 2.75) is 19.9 Å². The van der Waals surface area contributed by atoms with Crippen LogP contribution in [0.1, 0.15) is 24.5 Å². The number of hydrogen-bond acceptors (Lipinski definition) is 3. The zero-order chi connectivity index (χ0) is 14.0. The summed E-state index contributed by atoms with van der Waals surface area (Å²) in [6.07, 6.45) is 0. The molecule has 0 spiro atoms. The van der Waals surface area contributed by atoms with Gasteiger partial charge >= 0.3 is 0 Å². The summed E-state index contributed by atoms with van der Waals surface area (Å²) in [6, 6.07) is 7.55. The Morgan fingerprint density at radius 2 is 2.11 bits per heavy atom. The first-order valence-electron chi connectivity index (χ1n) is 5.87. The normalized spacial score (nSPS) is 12.3. The molecular formula is C14H15BrClNO2. The van der Waals surface area contributed by atoms with Crippen molar-refractivity contribution < 1.29 is 9.15 Å². The number of aryl methyl sites for hydroxylation is 1. The number of ether oxygens (including phenoxy) is 1. The molecule has 1 heterocycles. The van der Waals surface area contributed by atoms with E-state index in [-0.39, 0.29) is 6.04 Å². The first-order valence-corrected chi connectivity index (χ1v) is 7.04. The third-order valence-electron chi connectivity index (χ3n) is 2.77. The van der Waals surface area contributed by atoms with Crippen LogP contribution in [-0.2, 0) is 0 Å². The highest BCUT2D eigenvalue weighted by molar-refractivity contribution is 9.10. The van der Waals surface area contributed by atoms with E-state index in [9.17, 15) is 0 Å². The fraction of sp³-hybridized carbons (Fsp3) is 0.286. The van der Waals surface area contributed by atoms with E-state index in [4.69, 9.17) is 20.8 Å². The number of benzene rings is 1. The van der Waals surface area contributed by atoms with Gasteiger partial charge in [0, 0.05) is 5.02 Å². The largest absolute Gasteiger partial charge is 0.493 e. The molecule has 0 aliphatic heterocycles. The fourth-order valence-electron chi connectivity index (χ4n) is 1.87. The molecule has 2 rings (SSSR count). The van der Waals surface area contributed by atoms with Crippen LogP contribution >= 0.6 is 27.5 Å². The first kappa shape index (κ1) is 14.3. The van der Waals surface area contributed by atoms with Crippen molar-refractivity contribution in [3.63, 3.8) is 0 Å². The van der Waals surface area contributed by atoms with Gasteiger partial charge in [-0.15, -0.1) is 0 Å². The number of methoxy groups -OCH3 is 1. The van der Waals surface area contributed by atoms with Gasteiger partial charge in [-0.05, 0) is 54.0 Å². The molecule has 0 fully saturated rings. The molecule has 1 unspecified atom stereocenters. The molecule has 0 aliphatic carbocycles. The van der Waals surface area contributed by atoms with Crippen LogP contribution in [0.3, 0.4) is 0 Å². The maximum absolute atomic E-state index is 6.06. The van der Waals surface area contributed by atoms with E-state index < -0.39 is 0 Å². The molecule has 102 valence electrons. The summed E-state index contributed by atoms with van der Waals surface area (Å²) < 4.78 is 11.8. The number of hydrogen-bond donors (Lipinski definition) is 1. The van der Waals surface area contributed by atoms with E-state index in [0.29, 0.717) is 5.02 Å². The summed E-state index contributed by atoms with van der Waals surface area (Å²) >= 11 is 9.50. The predicted molar refractivity (Wildman–Crippen MR) is 81.2 cm³/mol. The highest BCUT2D eigenvalue weighted by Gasteiger charge is 2.14. The highest BCUT2D eigenvalue weighted by Crippen LogP contribution is 2.38. The van der Waals surface area contributed by atoms with Gasteiger partial charge in [0.1, 0.15) is 11.5 Å². The van der Waals surface area contributed by atoms with Crippen LogP contribution < -0.4 is 10.1 Å². The Labute approximate surface area is 126 Å². The molecule has 2 aromatic rings. The third kappa shape index (κ3) is 3.25. The smallest absolute Gasteiger partial charge is 0.156 e. The Morgan fingerprint density at radius 3 is 2.68 bits per heavy atom. The van der Waals surface area contributed by atoms with Gasteiger partial charge in [0.25, 0.3) is 0 Å². The number of nitrogens with one attached hydrogen (secondary N) is 1. The van der Waals surface area contributed by atoms with E-state index in [0.717, 1.165) is 27.4 Å². The lowest BCUT2D eigenvalue weighted by atomic mass is 10.2. The summed E-state index contributed by atoms with van der Waals surface area (Å²) in [5.41, 5.74) is 0.823. The molecular weight excluding hydrogens is 330 g/mol. The minimum Gasteiger partial charge on any atom is -0.493 e. The van der Waals surface area contributed by atoms with Crippen molar-refractivity contribution in [3.05, 3.63) is 45.3 Å². The molecule has 0 saturated heterocycles. The fourth-order valence-corrected chi connectivity index (χ4v) is 2.84. The average Bonchev–Trinajstić information content (AvgIpc) is 2.75. The molecule has 1 N–H and O–H groups in total. The predicted octanol–water partition coefficient (Wildman–Crippen LogP) is 5.19. The Hall–Kier alpha value is -1.13. The van der Waals surface area contributed by atoms with Gasteiger partial charge in [-0.2, -0.15) is 0 Å². The molecule has 3 nitrogen and oxygen atoms in total. The highest BCUT2D eigenvalue weighted by atomic mass is 79.9. The molecule has 0 amide bonds. The maximum Gasteiger partial charge on any atom is 0.156 e. The minimum absolute atomic E-state index is 0.0213. The van der Waals surface area contributed by atoms with Gasteiger partial charge in [0.05, 0.1) is 23.3 Å². The second kappa shape index (κ2) is 5.88. The zero-order valence-electron chi connectivity index (χ0n) is 11.0. The van der Waals surface area contributed by atoms with Crippen LogP contribution in [0.15, 0.2) is 33.2 Å². The molecule has 0 bridgehead atoms. The topological polar surface area (TPSA) is 34.4 Å². The second-order valence-corrected chi connectivity index (χ2v) is 5.57. The molecule has 1 atom stereocenters. The van der Waals surface area contributed by atoms with Crippen LogP contribution in [0.5, 0.6) is 5.75 Å². The van der Waals surface area contributed by atoms with Crippen LogP contribution in [-0.4, -0.2) is 7.11 Å². The molecule has 0 radical (unpaired) electrons. The van der Waals surface area contributed by atoms with Crippen LogP contribution in [0, 0.1) is 6.92 Å². The van der Waals surface area contributed by atoms with Crippen molar-refractivity contribution >= 4 is 33.2 Å². The molecule has 5 heteroatoms. The van der Waals surface area contributed by atoms with Crippen molar-refractivity contribution in [3.8, 4) is 5.75 Å². The van der Waals surface area contributed by atoms with E-state index >= 15 is 0 Å². The van der Waals surface area contributed by atoms with E-state index in [2.05, 4.69) is 21.2 Å². The van der Waals surface area contributed by atoms with Gasteiger partial charge < -0.3 is 14.5 Å². The van der Waals surface area contributed by atoms with Gasteiger partial charge in [0.2, 0.25) is 0 Å². The lowest BCUT2D eigenvalue weighted by Gasteiger charge is -2.17. The van der Waals surface area contributed by atoms with Crippen molar-refractivity contribution in [1.82, 2.24) is 0 Å². The van der Waals surface area contributed by atoms with Crippen LogP contribution in [0.25, 0.3) is 0 Å². The Balaban J connectivity index is 2.27.